The Bertz CT molecular complexity index is 1990. The molecule has 3 heterocycles. The lowest BCUT2D eigenvalue weighted by atomic mass is 9.94. The molecule has 6 rings (SSSR count). The molecule has 0 saturated heterocycles. The monoisotopic (exact) mass is 650 g/mol. The lowest BCUT2D eigenvalue weighted by molar-refractivity contribution is -0.380. The Morgan fingerprint density at radius 3 is 2.38 bits per heavy atom. The van der Waals surface area contributed by atoms with Crippen molar-refractivity contribution in [3.8, 4) is 17.2 Å². The lowest BCUT2D eigenvalue weighted by Crippen LogP contribution is -2.34. The van der Waals surface area contributed by atoms with Crippen molar-refractivity contribution in [3.05, 3.63) is 76.5 Å². The Kier molecular flexibility index (Phi) is 7.89. The van der Waals surface area contributed by atoms with E-state index in [1.807, 2.05) is 24.3 Å². The van der Waals surface area contributed by atoms with E-state index in [9.17, 15) is 19.7 Å². The number of halogens is 1. The third-order valence-corrected chi connectivity index (χ3v) is 9.22. The van der Waals surface area contributed by atoms with Gasteiger partial charge in [-0.05, 0) is 46.6 Å². The Hall–Kier alpha value is -5.01. The van der Waals surface area contributed by atoms with E-state index in [2.05, 4.69) is 0 Å². The molecule has 12 nitrogen and oxygen atoms in total. The van der Waals surface area contributed by atoms with Gasteiger partial charge < -0.3 is 18.9 Å². The highest BCUT2D eigenvalue weighted by Gasteiger charge is 2.37. The van der Waals surface area contributed by atoms with Crippen LogP contribution in [0.25, 0.3) is 21.7 Å². The number of methoxy groups -OCH3 is 4. The zero-order chi connectivity index (χ0) is 32.0. The highest BCUT2D eigenvalue weighted by Crippen LogP contribution is 2.49. The smallest absolute Gasteiger partial charge is 0.419 e. The molecule has 0 radical (unpaired) electrons. The number of thiophene rings is 1. The summed E-state index contributed by atoms with van der Waals surface area (Å²) >= 11 is 7.34. The average Bonchev–Trinajstić information content (AvgIpc) is 3.81. The Morgan fingerprint density at radius 2 is 1.76 bits per heavy atom. The molecular weight excluding hydrogens is 624 g/mol. The molecule has 0 saturated carbocycles. The maximum Gasteiger partial charge on any atom is 0.419 e. The minimum Gasteiger partial charge on any atom is -0.493 e. The molecule has 1 aliphatic heterocycles. The topological polar surface area (TPSA) is 126 Å². The maximum absolute atomic E-state index is 14.5. The van der Waals surface area contributed by atoms with Gasteiger partial charge >= 0.3 is 17.1 Å². The Balaban J connectivity index is 1.57. The van der Waals surface area contributed by atoms with E-state index >= 15 is 0 Å². The number of benzene rings is 3. The number of rotatable bonds is 7. The van der Waals surface area contributed by atoms with Crippen molar-refractivity contribution >= 4 is 78.1 Å². The van der Waals surface area contributed by atoms with Crippen LogP contribution in [-0.2, 0) is 4.74 Å². The molecule has 3 aromatic carbocycles. The summed E-state index contributed by atoms with van der Waals surface area (Å²) in [6, 6.07) is 15.2. The first kappa shape index (κ1) is 30.0. The number of amides is 2. The van der Waals surface area contributed by atoms with Crippen LogP contribution in [0.2, 0.25) is 0 Å². The standard InChI is InChI=1S/C31H27ClN4O8S/c1-41-23-13-17-11-12-33(27(17)29(43-3)28(23)42-2)30(37)34-16-18(15-32)26-20-8-6-5-7-19(20)21(14-22(26)34)35(31(38)44-4)24-9-10-25(45-24)36(39)40/h5-14,18H,15-16H2,1-4H3. The highest BCUT2D eigenvalue weighted by atomic mass is 35.5. The van der Waals surface area contributed by atoms with E-state index in [1.54, 1.807) is 29.3 Å². The Morgan fingerprint density at radius 1 is 1.02 bits per heavy atom. The zero-order valence-electron chi connectivity index (χ0n) is 24.6. The number of fused-ring (bicyclic) bond motifs is 4. The van der Waals surface area contributed by atoms with Crippen LogP contribution in [0, 0.1) is 10.1 Å². The molecule has 0 aliphatic carbocycles. The minimum atomic E-state index is -0.746. The molecule has 45 heavy (non-hydrogen) atoms. The second kappa shape index (κ2) is 11.8. The molecule has 0 bridgehead atoms. The molecular formula is C31H27ClN4O8S. The van der Waals surface area contributed by atoms with Gasteiger partial charge in [0.15, 0.2) is 11.5 Å². The number of anilines is 3. The average molecular weight is 651 g/mol. The van der Waals surface area contributed by atoms with Gasteiger partial charge in [0, 0.05) is 41.4 Å². The van der Waals surface area contributed by atoms with Crippen molar-refractivity contribution in [2.24, 2.45) is 0 Å². The summed E-state index contributed by atoms with van der Waals surface area (Å²) in [6.07, 6.45) is 0.902. The fraction of sp³-hybridized carbons (Fsp3) is 0.226. The summed E-state index contributed by atoms with van der Waals surface area (Å²) < 4.78 is 23.4. The van der Waals surface area contributed by atoms with Crippen LogP contribution in [-0.4, -0.2) is 62.5 Å². The minimum absolute atomic E-state index is 0.135. The number of ether oxygens (including phenoxy) is 4. The van der Waals surface area contributed by atoms with Gasteiger partial charge in [0.2, 0.25) is 5.75 Å². The zero-order valence-corrected chi connectivity index (χ0v) is 26.2. The number of aromatic nitrogens is 1. The fourth-order valence-corrected chi connectivity index (χ4v) is 6.98. The molecule has 1 atom stereocenters. The van der Waals surface area contributed by atoms with Crippen molar-refractivity contribution in [1.82, 2.24) is 4.57 Å². The van der Waals surface area contributed by atoms with Crippen molar-refractivity contribution in [2.45, 2.75) is 5.92 Å². The van der Waals surface area contributed by atoms with Crippen LogP contribution in [0.5, 0.6) is 17.2 Å². The number of nitrogens with zero attached hydrogens (tertiary/aromatic N) is 4. The van der Waals surface area contributed by atoms with Crippen LogP contribution >= 0.6 is 22.9 Å². The number of hydrogen-bond donors (Lipinski definition) is 0. The number of nitro groups is 1. The SMILES string of the molecule is COC(=O)N(c1ccc([N+](=O)[O-])s1)c1cc2c(c3ccccc13)C(CCl)CN2C(=O)n1ccc2cc(OC)c(OC)c(OC)c21. The third-order valence-electron chi connectivity index (χ3n) is 7.82. The molecule has 232 valence electrons. The normalized spacial score (nSPS) is 14.0. The van der Waals surface area contributed by atoms with Gasteiger partial charge in [-0.25, -0.2) is 14.5 Å². The molecule has 2 amide bonds. The second-order valence-electron chi connectivity index (χ2n) is 10.1. The van der Waals surface area contributed by atoms with Crippen LogP contribution < -0.4 is 24.0 Å². The Labute approximate surface area is 266 Å². The molecule has 0 N–H and O–H groups in total. The van der Waals surface area contributed by atoms with Gasteiger partial charge in [0.05, 0.1) is 44.7 Å². The summed E-state index contributed by atoms with van der Waals surface area (Å²) in [6.45, 7) is 0.267. The van der Waals surface area contributed by atoms with E-state index in [-0.39, 0.29) is 34.4 Å². The fourth-order valence-electron chi connectivity index (χ4n) is 5.91. The van der Waals surface area contributed by atoms with E-state index in [1.165, 1.54) is 50.0 Å². The van der Waals surface area contributed by atoms with Crippen LogP contribution in [0.3, 0.4) is 0 Å². The largest absolute Gasteiger partial charge is 0.493 e. The predicted molar refractivity (Wildman–Crippen MR) is 173 cm³/mol. The maximum atomic E-state index is 14.5. The predicted octanol–water partition coefficient (Wildman–Crippen LogP) is 7.51. The van der Waals surface area contributed by atoms with E-state index < -0.39 is 11.0 Å². The number of hydrogen-bond acceptors (Lipinski definition) is 9. The highest BCUT2D eigenvalue weighted by molar-refractivity contribution is 7.19. The van der Waals surface area contributed by atoms with Gasteiger partial charge in [0.25, 0.3) is 0 Å². The second-order valence-corrected chi connectivity index (χ2v) is 11.4. The van der Waals surface area contributed by atoms with Crippen molar-refractivity contribution in [2.75, 3.05) is 50.7 Å². The number of carbonyl (C=O) groups excluding carboxylic acids is 2. The van der Waals surface area contributed by atoms with Crippen molar-refractivity contribution in [1.29, 1.82) is 0 Å². The number of alkyl halides is 1. The molecule has 1 unspecified atom stereocenters. The molecule has 14 heteroatoms. The summed E-state index contributed by atoms with van der Waals surface area (Å²) in [7, 11) is 5.74. The number of carbonyl (C=O) groups is 2. The van der Waals surface area contributed by atoms with E-state index in [0.717, 1.165) is 22.3 Å². The first-order chi connectivity index (χ1) is 21.8. The first-order valence-corrected chi connectivity index (χ1v) is 15.0. The van der Waals surface area contributed by atoms with Gasteiger partial charge in [-0.1, -0.05) is 24.3 Å². The van der Waals surface area contributed by atoms with Crippen LogP contribution in [0.4, 0.5) is 31.0 Å². The molecule has 0 spiro atoms. The molecule has 2 aromatic heterocycles. The third kappa shape index (κ3) is 4.75. The summed E-state index contributed by atoms with van der Waals surface area (Å²) in [5, 5.41) is 13.8. The lowest BCUT2D eigenvalue weighted by Gasteiger charge is -2.25. The van der Waals surface area contributed by atoms with E-state index in [4.69, 9.17) is 30.5 Å². The van der Waals surface area contributed by atoms with Crippen LogP contribution in [0.15, 0.2) is 60.8 Å². The van der Waals surface area contributed by atoms with Gasteiger partial charge in [0.1, 0.15) is 10.5 Å². The van der Waals surface area contributed by atoms with Gasteiger partial charge in [-0.2, -0.15) is 0 Å². The summed E-state index contributed by atoms with van der Waals surface area (Å²) in [5.74, 6) is 1.13. The molecule has 5 aromatic rings. The molecule has 1 aliphatic rings. The van der Waals surface area contributed by atoms with Gasteiger partial charge in [-0.3, -0.25) is 19.6 Å². The quantitative estimate of drug-likeness (QED) is 0.101. The van der Waals surface area contributed by atoms with Crippen molar-refractivity contribution in [3.63, 3.8) is 0 Å². The van der Waals surface area contributed by atoms with Crippen LogP contribution in [0.1, 0.15) is 11.5 Å². The van der Waals surface area contributed by atoms with Gasteiger partial charge in [-0.15, -0.1) is 11.6 Å². The van der Waals surface area contributed by atoms with E-state index in [0.29, 0.717) is 44.9 Å². The summed E-state index contributed by atoms with van der Waals surface area (Å²) in [4.78, 5) is 41.6. The summed E-state index contributed by atoms with van der Waals surface area (Å²) in [5.41, 5.74) is 2.27. The van der Waals surface area contributed by atoms with Crippen molar-refractivity contribution < 1.29 is 33.5 Å². The first-order valence-electron chi connectivity index (χ1n) is 13.6. The molecule has 0 fully saturated rings.